The number of anilines is 2. The first-order valence-corrected chi connectivity index (χ1v) is 5.85. The van der Waals surface area contributed by atoms with Crippen LogP contribution in [0.25, 0.3) is 0 Å². The monoisotopic (exact) mass is 243 g/mol. The molecule has 18 heavy (non-hydrogen) atoms. The van der Waals surface area contributed by atoms with Gasteiger partial charge in [-0.15, -0.1) is 0 Å². The van der Waals surface area contributed by atoms with Gasteiger partial charge in [-0.05, 0) is 30.2 Å². The number of nitrogens with one attached hydrogen (secondary N) is 1. The lowest BCUT2D eigenvalue weighted by molar-refractivity contribution is 0.414. The zero-order valence-corrected chi connectivity index (χ0v) is 10.4. The third kappa shape index (κ3) is 3.38. The van der Waals surface area contributed by atoms with Crippen molar-refractivity contribution in [3.05, 3.63) is 48.3 Å². The molecular weight excluding hydrogens is 226 g/mol. The highest BCUT2D eigenvalue weighted by Crippen LogP contribution is 2.13. The summed E-state index contributed by atoms with van der Waals surface area (Å²) in [6.45, 7) is 0.845. The first-order chi connectivity index (χ1) is 8.78. The van der Waals surface area contributed by atoms with Gasteiger partial charge in [-0.1, -0.05) is 12.1 Å². The number of nitrogens with two attached hydrogens (primary N) is 1. The van der Waals surface area contributed by atoms with Crippen LogP contribution in [0.15, 0.2) is 42.7 Å². The number of nitrogens with zero attached hydrogens (tertiary/aromatic N) is 1. The van der Waals surface area contributed by atoms with Gasteiger partial charge in [0, 0.05) is 12.7 Å². The number of pyridine rings is 1. The first kappa shape index (κ1) is 12.2. The van der Waals surface area contributed by atoms with Gasteiger partial charge in [0.25, 0.3) is 0 Å². The van der Waals surface area contributed by atoms with Gasteiger partial charge in [-0.3, -0.25) is 4.98 Å². The zero-order valence-electron chi connectivity index (χ0n) is 10.4. The van der Waals surface area contributed by atoms with Crippen LogP contribution < -0.4 is 15.8 Å². The van der Waals surface area contributed by atoms with Gasteiger partial charge in [-0.2, -0.15) is 0 Å². The molecule has 4 heteroatoms. The molecule has 0 aliphatic carbocycles. The quantitative estimate of drug-likeness (QED) is 0.846. The summed E-state index contributed by atoms with van der Waals surface area (Å²) in [5.74, 6) is 0.881. The molecule has 0 amide bonds. The summed E-state index contributed by atoms with van der Waals surface area (Å²) in [7, 11) is 1.67. The van der Waals surface area contributed by atoms with E-state index in [9.17, 15) is 0 Å². The first-order valence-electron chi connectivity index (χ1n) is 5.85. The van der Waals surface area contributed by atoms with Crippen LogP contribution in [0.2, 0.25) is 0 Å². The second-order valence-corrected chi connectivity index (χ2v) is 4.03. The number of ether oxygens (including phenoxy) is 1. The molecule has 3 N–H and O–H groups in total. The van der Waals surface area contributed by atoms with E-state index in [-0.39, 0.29) is 0 Å². The lowest BCUT2D eigenvalue weighted by Crippen LogP contribution is -2.05. The van der Waals surface area contributed by atoms with E-state index in [2.05, 4.69) is 22.4 Å². The van der Waals surface area contributed by atoms with Crippen molar-refractivity contribution < 1.29 is 4.74 Å². The Labute approximate surface area is 107 Å². The Hall–Kier alpha value is -2.23. The molecule has 0 spiro atoms. The molecule has 0 bridgehead atoms. The fraction of sp³-hybridized carbons (Fsp3) is 0.214. The fourth-order valence-electron chi connectivity index (χ4n) is 1.70. The van der Waals surface area contributed by atoms with E-state index in [1.807, 2.05) is 18.2 Å². The number of methoxy groups -OCH3 is 1. The van der Waals surface area contributed by atoms with Gasteiger partial charge in [0.15, 0.2) is 0 Å². The average Bonchev–Trinajstić information content (AvgIpc) is 2.40. The van der Waals surface area contributed by atoms with Crippen molar-refractivity contribution in [1.29, 1.82) is 0 Å². The predicted octanol–water partition coefficient (Wildman–Crippen LogP) is 2.33. The molecule has 1 heterocycles. The van der Waals surface area contributed by atoms with Crippen molar-refractivity contribution in [3.63, 3.8) is 0 Å². The third-order valence-corrected chi connectivity index (χ3v) is 2.66. The van der Waals surface area contributed by atoms with Crippen LogP contribution in [0.5, 0.6) is 5.75 Å². The number of rotatable bonds is 5. The van der Waals surface area contributed by atoms with E-state index in [4.69, 9.17) is 10.5 Å². The van der Waals surface area contributed by atoms with E-state index in [0.29, 0.717) is 5.69 Å². The topological polar surface area (TPSA) is 60.2 Å². The predicted molar refractivity (Wildman–Crippen MR) is 73.8 cm³/mol. The molecule has 0 saturated carbocycles. The lowest BCUT2D eigenvalue weighted by atomic mass is 10.1. The molecule has 2 rings (SSSR count). The Kier molecular flexibility index (Phi) is 4.02. The van der Waals surface area contributed by atoms with Gasteiger partial charge in [0.1, 0.15) is 5.75 Å². The number of hydrogen-bond donors (Lipinski definition) is 2. The zero-order chi connectivity index (χ0) is 12.8. The lowest BCUT2D eigenvalue weighted by Gasteiger charge is -2.07. The van der Waals surface area contributed by atoms with Gasteiger partial charge >= 0.3 is 0 Å². The van der Waals surface area contributed by atoms with Crippen molar-refractivity contribution in [2.45, 2.75) is 6.42 Å². The minimum absolute atomic E-state index is 0.671. The number of nitrogen functional groups attached to an aromatic ring is 1. The molecular formula is C14H17N3O. The second-order valence-electron chi connectivity index (χ2n) is 4.03. The summed E-state index contributed by atoms with van der Waals surface area (Å²) in [5, 5.41) is 3.29. The average molecular weight is 243 g/mol. The van der Waals surface area contributed by atoms with Crippen LogP contribution in [0.4, 0.5) is 11.4 Å². The number of benzene rings is 1. The van der Waals surface area contributed by atoms with Crippen molar-refractivity contribution in [1.82, 2.24) is 4.98 Å². The highest BCUT2D eigenvalue weighted by Gasteiger charge is 1.96. The SMILES string of the molecule is COc1ccc(CCNc2cncc(N)c2)cc1. The van der Waals surface area contributed by atoms with Gasteiger partial charge in [0.05, 0.1) is 24.7 Å². The molecule has 0 radical (unpaired) electrons. The van der Waals surface area contributed by atoms with E-state index in [1.54, 1.807) is 19.5 Å². The van der Waals surface area contributed by atoms with Gasteiger partial charge in [0.2, 0.25) is 0 Å². The molecule has 4 nitrogen and oxygen atoms in total. The summed E-state index contributed by atoms with van der Waals surface area (Å²) in [5.41, 5.74) is 8.54. The normalized spacial score (nSPS) is 10.1. The van der Waals surface area contributed by atoms with Crippen molar-refractivity contribution in [2.75, 3.05) is 24.7 Å². The minimum atomic E-state index is 0.671. The van der Waals surface area contributed by atoms with Gasteiger partial charge in [-0.25, -0.2) is 0 Å². The molecule has 1 aromatic heterocycles. The molecule has 1 aromatic carbocycles. The summed E-state index contributed by atoms with van der Waals surface area (Å²) >= 11 is 0. The van der Waals surface area contributed by atoms with Crippen LogP contribution in [0.1, 0.15) is 5.56 Å². The summed E-state index contributed by atoms with van der Waals surface area (Å²) in [6, 6.07) is 9.95. The number of aromatic nitrogens is 1. The molecule has 94 valence electrons. The van der Waals surface area contributed by atoms with Gasteiger partial charge < -0.3 is 15.8 Å². The van der Waals surface area contributed by atoms with Crippen molar-refractivity contribution in [2.24, 2.45) is 0 Å². The standard InChI is InChI=1S/C14H17N3O/c1-18-14-4-2-11(3-5-14)6-7-17-13-8-12(15)9-16-10-13/h2-5,8-10,17H,6-7,15H2,1H3. The van der Waals surface area contributed by atoms with Crippen LogP contribution in [-0.4, -0.2) is 18.6 Å². The maximum atomic E-state index is 5.66. The Balaban J connectivity index is 1.84. The highest BCUT2D eigenvalue weighted by atomic mass is 16.5. The molecule has 0 atom stereocenters. The summed E-state index contributed by atoms with van der Waals surface area (Å²) < 4.78 is 5.12. The van der Waals surface area contributed by atoms with E-state index < -0.39 is 0 Å². The van der Waals surface area contributed by atoms with Crippen LogP contribution in [-0.2, 0) is 6.42 Å². The molecule has 0 unspecified atom stereocenters. The van der Waals surface area contributed by atoms with E-state index >= 15 is 0 Å². The minimum Gasteiger partial charge on any atom is -0.497 e. The van der Waals surface area contributed by atoms with Crippen LogP contribution in [0, 0.1) is 0 Å². The maximum absolute atomic E-state index is 5.66. The Bertz CT molecular complexity index is 497. The Morgan fingerprint density at radius 1 is 1.22 bits per heavy atom. The van der Waals surface area contributed by atoms with Crippen molar-refractivity contribution >= 4 is 11.4 Å². The maximum Gasteiger partial charge on any atom is 0.118 e. The number of hydrogen-bond acceptors (Lipinski definition) is 4. The molecule has 0 aliphatic rings. The fourth-order valence-corrected chi connectivity index (χ4v) is 1.70. The van der Waals surface area contributed by atoms with E-state index in [0.717, 1.165) is 24.4 Å². The third-order valence-electron chi connectivity index (χ3n) is 2.66. The smallest absolute Gasteiger partial charge is 0.118 e. The van der Waals surface area contributed by atoms with Crippen LogP contribution in [0.3, 0.4) is 0 Å². The summed E-state index contributed by atoms with van der Waals surface area (Å²) in [4.78, 5) is 4.03. The van der Waals surface area contributed by atoms with E-state index in [1.165, 1.54) is 5.56 Å². The Morgan fingerprint density at radius 2 is 2.00 bits per heavy atom. The molecule has 0 fully saturated rings. The molecule has 2 aromatic rings. The largest absolute Gasteiger partial charge is 0.497 e. The Morgan fingerprint density at radius 3 is 2.67 bits per heavy atom. The molecule has 0 aliphatic heterocycles. The molecule has 0 saturated heterocycles. The summed E-state index contributed by atoms with van der Waals surface area (Å²) in [6.07, 6.45) is 4.35. The van der Waals surface area contributed by atoms with Crippen molar-refractivity contribution in [3.8, 4) is 5.75 Å². The second kappa shape index (κ2) is 5.91. The highest BCUT2D eigenvalue weighted by molar-refractivity contribution is 5.51. The van der Waals surface area contributed by atoms with Crippen LogP contribution >= 0.6 is 0 Å².